The van der Waals surface area contributed by atoms with Crippen LogP contribution in [0, 0.1) is 0 Å². The van der Waals surface area contributed by atoms with E-state index in [4.69, 9.17) is 0 Å². The Morgan fingerprint density at radius 1 is 1.09 bits per heavy atom. The van der Waals surface area contributed by atoms with Crippen molar-refractivity contribution >= 4 is 63.2 Å². The van der Waals surface area contributed by atoms with E-state index < -0.39 is 5.91 Å². The highest BCUT2D eigenvalue weighted by Gasteiger charge is 2.19. The lowest BCUT2D eigenvalue weighted by atomic mass is 10.1. The molecule has 3 N–H and O–H groups in total. The molecule has 162 valence electrons. The Labute approximate surface area is 193 Å². The number of nitrogens with zero attached hydrogens (tertiary/aromatic N) is 3. The molecule has 0 bridgehead atoms. The molecule has 1 aliphatic heterocycles. The van der Waals surface area contributed by atoms with Crippen LogP contribution in [0.5, 0.6) is 0 Å². The number of H-pyrrole nitrogens is 1. The second-order valence-corrected chi connectivity index (χ2v) is 8.15. The van der Waals surface area contributed by atoms with Crippen molar-refractivity contribution in [3.05, 3.63) is 83.8 Å². The average molecular weight is 455 g/mol. The van der Waals surface area contributed by atoms with Gasteiger partial charge in [0.1, 0.15) is 0 Å². The van der Waals surface area contributed by atoms with E-state index in [2.05, 4.69) is 30.8 Å². The fraction of sp³-hybridized carbons (Fsp3) is 0.0417. The molecule has 0 unspecified atom stereocenters. The number of carbonyl (C=O) groups excluding carboxylic acids is 2. The fourth-order valence-electron chi connectivity index (χ4n) is 3.36. The molecule has 8 nitrogen and oxygen atoms in total. The number of thioether (sulfide) groups is 1. The molecule has 0 aliphatic carbocycles. The number of amidine groups is 1. The van der Waals surface area contributed by atoms with E-state index in [9.17, 15) is 9.59 Å². The lowest BCUT2D eigenvalue weighted by molar-refractivity contribution is -0.116. The minimum atomic E-state index is -0.424. The van der Waals surface area contributed by atoms with Gasteiger partial charge in [-0.2, -0.15) is 10.1 Å². The summed E-state index contributed by atoms with van der Waals surface area (Å²) in [6.45, 7) is 0. The van der Waals surface area contributed by atoms with Gasteiger partial charge in [0.25, 0.3) is 5.91 Å². The first kappa shape index (κ1) is 20.7. The molecule has 1 fully saturated rings. The van der Waals surface area contributed by atoms with E-state index in [0.717, 1.165) is 28.0 Å². The third-order valence-corrected chi connectivity index (χ3v) is 5.79. The van der Waals surface area contributed by atoms with Gasteiger partial charge in [-0.05, 0) is 54.6 Å². The number of rotatable bonds is 5. The third-order valence-electron chi connectivity index (χ3n) is 4.92. The smallest absolute Gasteiger partial charge is 0.281 e. The van der Waals surface area contributed by atoms with Gasteiger partial charge in [-0.25, -0.2) is 0 Å². The van der Waals surface area contributed by atoms with Crippen molar-refractivity contribution in [3.8, 4) is 0 Å². The average Bonchev–Trinajstić information content (AvgIpc) is 3.44. The molecular weight excluding hydrogens is 436 g/mol. The summed E-state index contributed by atoms with van der Waals surface area (Å²) in [5, 5.41) is 14.6. The van der Waals surface area contributed by atoms with E-state index in [-0.39, 0.29) is 11.7 Å². The zero-order valence-corrected chi connectivity index (χ0v) is 18.1. The van der Waals surface area contributed by atoms with Gasteiger partial charge in [-0.15, -0.1) is 0 Å². The van der Waals surface area contributed by atoms with Crippen molar-refractivity contribution in [2.75, 3.05) is 11.1 Å². The summed E-state index contributed by atoms with van der Waals surface area (Å²) in [5.41, 5.74) is 4.35. The van der Waals surface area contributed by atoms with E-state index in [1.807, 2.05) is 60.7 Å². The van der Waals surface area contributed by atoms with Crippen molar-refractivity contribution in [2.45, 2.75) is 0 Å². The van der Waals surface area contributed by atoms with E-state index in [1.54, 1.807) is 18.3 Å². The molecule has 33 heavy (non-hydrogen) atoms. The van der Waals surface area contributed by atoms with Crippen molar-refractivity contribution in [2.24, 2.45) is 4.99 Å². The summed E-state index contributed by atoms with van der Waals surface area (Å²) in [5.74, 6) is -0.303. The SMILES string of the molecule is O=C1CSC(=NC(=O)c2ccccc2Nc2ccc3c(/C=C/c4ccccn4)n[nH]c3c2)N1. The summed E-state index contributed by atoms with van der Waals surface area (Å²) in [4.78, 5) is 32.4. The Kier molecular flexibility index (Phi) is 5.69. The number of aromatic nitrogens is 3. The van der Waals surface area contributed by atoms with Crippen molar-refractivity contribution in [1.29, 1.82) is 0 Å². The highest BCUT2D eigenvalue weighted by molar-refractivity contribution is 8.15. The molecule has 3 heterocycles. The molecule has 0 spiro atoms. The van der Waals surface area contributed by atoms with Crippen LogP contribution in [-0.2, 0) is 4.79 Å². The summed E-state index contributed by atoms with van der Waals surface area (Å²) in [6, 6.07) is 18.7. The van der Waals surface area contributed by atoms with Crippen LogP contribution in [0.2, 0.25) is 0 Å². The summed E-state index contributed by atoms with van der Waals surface area (Å²) in [6.07, 6.45) is 5.58. The number of benzene rings is 2. The molecule has 4 aromatic rings. The maximum absolute atomic E-state index is 12.7. The number of amides is 2. The fourth-order valence-corrected chi connectivity index (χ4v) is 4.03. The van der Waals surface area contributed by atoms with Gasteiger partial charge in [0.05, 0.1) is 33.9 Å². The number of para-hydroxylation sites is 1. The highest BCUT2D eigenvalue weighted by Crippen LogP contribution is 2.26. The van der Waals surface area contributed by atoms with Gasteiger partial charge in [-0.1, -0.05) is 30.0 Å². The number of carbonyl (C=O) groups is 2. The topological polar surface area (TPSA) is 112 Å². The summed E-state index contributed by atoms with van der Waals surface area (Å²) in [7, 11) is 0. The Hall–Kier alpha value is -4.24. The van der Waals surface area contributed by atoms with Crippen molar-refractivity contribution < 1.29 is 9.59 Å². The van der Waals surface area contributed by atoms with Crippen LogP contribution in [-0.4, -0.2) is 37.9 Å². The molecule has 2 amide bonds. The number of fused-ring (bicyclic) bond motifs is 1. The molecular formula is C24H18N6O2S. The van der Waals surface area contributed by atoms with Gasteiger partial charge in [0.2, 0.25) is 5.91 Å². The second kappa shape index (κ2) is 9.09. The van der Waals surface area contributed by atoms with Crippen LogP contribution in [0.15, 0.2) is 71.9 Å². The first-order valence-corrected chi connectivity index (χ1v) is 11.1. The normalized spacial score (nSPS) is 14.8. The lowest BCUT2D eigenvalue weighted by Crippen LogP contribution is -2.21. The Morgan fingerprint density at radius 2 is 1.97 bits per heavy atom. The Balaban J connectivity index is 1.37. The number of anilines is 2. The maximum atomic E-state index is 12.7. The predicted octanol–water partition coefficient (Wildman–Crippen LogP) is 4.23. The van der Waals surface area contributed by atoms with Crippen molar-refractivity contribution in [1.82, 2.24) is 20.5 Å². The van der Waals surface area contributed by atoms with E-state index in [1.165, 1.54) is 11.8 Å². The van der Waals surface area contributed by atoms with Gasteiger partial charge < -0.3 is 10.6 Å². The number of aromatic amines is 1. The van der Waals surface area contributed by atoms with Crippen LogP contribution >= 0.6 is 11.8 Å². The Bertz CT molecular complexity index is 1410. The first-order chi connectivity index (χ1) is 16.2. The standard InChI is InChI=1S/C24H18N6O2S/c31-22-14-33-24(27-22)28-23(32)18-6-1-2-7-19(18)26-16-8-10-17-20(29-30-21(17)13-16)11-9-15-5-3-4-12-25-15/h1-13,26H,14H2,(H,29,30)(H,27,28,31,32)/b11-9+. The van der Waals surface area contributed by atoms with Crippen LogP contribution in [0.3, 0.4) is 0 Å². The number of pyridine rings is 1. The zero-order valence-electron chi connectivity index (χ0n) is 17.3. The second-order valence-electron chi connectivity index (χ2n) is 7.19. The quantitative estimate of drug-likeness (QED) is 0.416. The maximum Gasteiger partial charge on any atom is 0.281 e. The minimum absolute atomic E-state index is 0.153. The van der Waals surface area contributed by atoms with Crippen LogP contribution < -0.4 is 10.6 Å². The number of aliphatic imine (C=N–C) groups is 1. The first-order valence-electron chi connectivity index (χ1n) is 10.1. The number of nitrogens with one attached hydrogen (secondary N) is 3. The molecule has 5 rings (SSSR count). The summed E-state index contributed by atoms with van der Waals surface area (Å²) < 4.78 is 0. The van der Waals surface area contributed by atoms with Crippen LogP contribution in [0.4, 0.5) is 11.4 Å². The molecule has 0 saturated carbocycles. The number of hydrogen-bond donors (Lipinski definition) is 3. The minimum Gasteiger partial charge on any atom is -0.355 e. The molecule has 9 heteroatoms. The monoisotopic (exact) mass is 454 g/mol. The summed E-state index contributed by atoms with van der Waals surface area (Å²) >= 11 is 1.22. The molecule has 0 atom stereocenters. The van der Waals surface area contributed by atoms with Gasteiger partial charge >= 0.3 is 0 Å². The van der Waals surface area contributed by atoms with Crippen LogP contribution in [0.25, 0.3) is 23.1 Å². The van der Waals surface area contributed by atoms with Gasteiger partial charge in [0.15, 0.2) is 5.17 Å². The van der Waals surface area contributed by atoms with Gasteiger partial charge in [-0.3, -0.25) is 19.7 Å². The van der Waals surface area contributed by atoms with Gasteiger partial charge in [0, 0.05) is 17.3 Å². The molecule has 2 aromatic heterocycles. The zero-order chi connectivity index (χ0) is 22.6. The molecule has 1 saturated heterocycles. The van der Waals surface area contributed by atoms with E-state index in [0.29, 0.717) is 16.4 Å². The molecule has 0 radical (unpaired) electrons. The molecule has 2 aromatic carbocycles. The van der Waals surface area contributed by atoms with Crippen LogP contribution in [0.1, 0.15) is 21.7 Å². The number of hydrogen-bond acceptors (Lipinski definition) is 6. The largest absolute Gasteiger partial charge is 0.355 e. The van der Waals surface area contributed by atoms with Crippen molar-refractivity contribution in [3.63, 3.8) is 0 Å². The molecule has 1 aliphatic rings. The lowest BCUT2D eigenvalue weighted by Gasteiger charge is -2.10. The predicted molar refractivity (Wildman–Crippen MR) is 131 cm³/mol. The Morgan fingerprint density at radius 3 is 2.79 bits per heavy atom. The highest BCUT2D eigenvalue weighted by atomic mass is 32.2. The van der Waals surface area contributed by atoms with E-state index >= 15 is 0 Å². The third kappa shape index (κ3) is 4.68.